The SMILES string of the molecule is CCOC(=O)c1cn(CC=O)c(C(=O)OCC)c(OCc2ccccc2)c1=O. The molecule has 0 spiro atoms. The Labute approximate surface area is 161 Å². The van der Waals surface area contributed by atoms with E-state index in [4.69, 9.17) is 14.2 Å². The van der Waals surface area contributed by atoms with Crippen molar-refractivity contribution in [3.8, 4) is 5.75 Å². The number of ether oxygens (including phenoxy) is 3. The summed E-state index contributed by atoms with van der Waals surface area (Å²) in [6, 6.07) is 8.98. The van der Waals surface area contributed by atoms with Crippen LogP contribution in [0.25, 0.3) is 0 Å². The van der Waals surface area contributed by atoms with Crippen molar-refractivity contribution in [2.45, 2.75) is 27.0 Å². The van der Waals surface area contributed by atoms with Gasteiger partial charge in [-0.05, 0) is 19.4 Å². The summed E-state index contributed by atoms with van der Waals surface area (Å²) >= 11 is 0. The Morgan fingerprint density at radius 3 is 2.29 bits per heavy atom. The first-order valence-electron chi connectivity index (χ1n) is 8.75. The van der Waals surface area contributed by atoms with Crippen molar-refractivity contribution in [1.82, 2.24) is 4.57 Å². The van der Waals surface area contributed by atoms with Crippen LogP contribution in [0.4, 0.5) is 0 Å². The van der Waals surface area contributed by atoms with Crippen LogP contribution in [0.2, 0.25) is 0 Å². The molecule has 2 aromatic rings. The van der Waals surface area contributed by atoms with E-state index in [0.717, 1.165) is 16.3 Å². The number of nitrogens with zero attached hydrogens (tertiary/aromatic N) is 1. The second-order valence-electron chi connectivity index (χ2n) is 5.58. The van der Waals surface area contributed by atoms with Gasteiger partial charge in [-0.3, -0.25) is 4.79 Å². The molecule has 0 N–H and O–H groups in total. The molecule has 28 heavy (non-hydrogen) atoms. The Balaban J connectivity index is 2.60. The summed E-state index contributed by atoms with van der Waals surface area (Å²) in [5, 5.41) is 0. The number of aromatic nitrogens is 1. The lowest BCUT2D eigenvalue weighted by atomic mass is 10.2. The highest BCUT2D eigenvalue weighted by Crippen LogP contribution is 2.19. The first kappa shape index (κ1) is 20.9. The zero-order valence-electron chi connectivity index (χ0n) is 15.7. The molecular weight excluding hydrogens is 366 g/mol. The fourth-order valence-electron chi connectivity index (χ4n) is 2.49. The van der Waals surface area contributed by atoms with E-state index in [2.05, 4.69) is 0 Å². The third kappa shape index (κ3) is 4.85. The van der Waals surface area contributed by atoms with E-state index in [0.29, 0.717) is 6.29 Å². The summed E-state index contributed by atoms with van der Waals surface area (Å²) < 4.78 is 16.7. The van der Waals surface area contributed by atoms with E-state index >= 15 is 0 Å². The maximum Gasteiger partial charge on any atom is 0.359 e. The number of aldehydes is 1. The van der Waals surface area contributed by atoms with Gasteiger partial charge < -0.3 is 23.6 Å². The van der Waals surface area contributed by atoms with Crippen LogP contribution in [0, 0.1) is 0 Å². The Morgan fingerprint density at radius 2 is 1.68 bits per heavy atom. The standard InChI is InChI=1S/C20H21NO7/c1-3-26-19(24)15-12-21(10-11-22)16(20(25)27-4-2)18(17(15)23)28-13-14-8-6-5-7-9-14/h5-9,11-12H,3-4,10,13H2,1-2H3. The molecule has 1 aromatic carbocycles. The molecule has 0 fully saturated rings. The van der Waals surface area contributed by atoms with Crippen LogP contribution in [0.5, 0.6) is 5.75 Å². The predicted molar refractivity (Wildman–Crippen MR) is 99.5 cm³/mol. The van der Waals surface area contributed by atoms with Crippen molar-refractivity contribution in [3.63, 3.8) is 0 Å². The molecule has 0 saturated carbocycles. The number of benzene rings is 1. The second kappa shape index (κ2) is 10.1. The van der Waals surface area contributed by atoms with E-state index in [1.807, 2.05) is 6.07 Å². The lowest BCUT2D eigenvalue weighted by Crippen LogP contribution is -2.28. The number of rotatable bonds is 9. The van der Waals surface area contributed by atoms with Gasteiger partial charge in [0.05, 0.1) is 19.8 Å². The minimum atomic E-state index is -0.868. The Morgan fingerprint density at radius 1 is 1.04 bits per heavy atom. The zero-order valence-corrected chi connectivity index (χ0v) is 15.7. The molecule has 2 rings (SSSR count). The van der Waals surface area contributed by atoms with Gasteiger partial charge in [-0.2, -0.15) is 0 Å². The molecule has 0 aliphatic carbocycles. The van der Waals surface area contributed by atoms with Crippen LogP contribution in [0.15, 0.2) is 41.3 Å². The lowest BCUT2D eigenvalue weighted by Gasteiger charge is -2.17. The summed E-state index contributed by atoms with van der Waals surface area (Å²) in [4.78, 5) is 48.5. The number of pyridine rings is 1. The van der Waals surface area contributed by atoms with Crippen molar-refractivity contribution in [2.75, 3.05) is 13.2 Å². The summed E-state index contributed by atoms with van der Waals surface area (Å²) in [5.41, 5.74) is -0.623. The summed E-state index contributed by atoms with van der Waals surface area (Å²) in [7, 11) is 0. The highest BCUT2D eigenvalue weighted by atomic mass is 16.5. The summed E-state index contributed by atoms with van der Waals surface area (Å²) in [5.74, 6) is -2.07. The lowest BCUT2D eigenvalue weighted by molar-refractivity contribution is -0.108. The maximum absolute atomic E-state index is 12.9. The van der Waals surface area contributed by atoms with Crippen molar-refractivity contribution >= 4 is 18.2 Å². The van der Waals surface area contributed by atoms with Gasteiger partial charge in [0.1, 0.15) is 18.5 Å². The average Bonchev–Trinajstić information content (AvgIpc) is 2.69. The van der Waals surface area contributed by atoms with Crippen LogP contribution in [-0.4, -0.2) is 36.0 Å². The molecule has 0 aliphatic heterocycles. The number of esters is 2. The molecule has 8 nitrogen and oxygen atoms in total. The minimum absolute atomic E-state index is 0.0180. The van der Waals surface area contributed by atoms with Crippen LogP contribution in [0.1, 0.15) is 40.3 Å². The Kier molecular flexibility index (Phi) is 7.50. The number of hydrogen-bond acceptors (Lipinski definition) is 7. The van der Waals surface area contributed by atoms with Crippen LogP contribution >= 0.6 is 0 Å². The molecular formula is C20H21NO7. The monoisotopic (exact) mass is 387 g/mol. The van der Waals surface area contributed by atoms with E-state index in [1.165, 1.54) is 0 Å². The average molecular weight is 387 g/mol. The maximum atomic E-state index is 12.9. The molecule has 0 aliphatic rings. The first-order valence-corrected chi connectivity index (χ1v) is 8.75. The van der Waals surface area contributed by atoms with Gasteiger partial charge in [0.25, 0.3) is 0 Å². The smallest absolute Gasteiger partial charge is 0.359 e. The molecule has 1 aromatic heterocycles. The minimum Gasteiger partial charge on any atom is -0.482 e. The Hall–Kier alpha value is -3.42. The fraction of sp³-hybridized carbons (Fsp3) is 0.300. The molecule has 0 radical (unpaired) electrons. The molecule has 0 unspecified atom stereocenters. The topological polar surface area (TPSA) is 101 Å². The van der Waals surface area contributed by atoms with Crippen molar-refractivity contribution in [3.05, 3.63) is 63.6 Å². The van der Waals surface area contributed by atoms with E-state index in [1.54, 1.807) is 38.1 Å². The third-order valence-electron chi connectivity index (χ3n) is 3.70. The molecule has 0 atom stereocenters. The van der Waals surface area contributed by atoms with Crippen LogP contribution in [0.3, 0.4) is 0 Å². The Bertz CT molecular complexity index is 903. The quantitative estimate of drug-likeness (QED) is 0.479. The molecule has 0 bridgehead atoms. The molecule has 0 amide bonds. The summed E-state index contributed by atoms with van der Waals surface area (Å²) in [6.07, 6.45) is 1.64. The largest absolute Gasteiger partial charge is 0.482 e. The fourth-order valence-corrected chi connectivity index (χ4v) is 2.49. The van der Waals surface area contributed by atoms with Gasteiger partial charge in [0.2, 0.25) is 5.43 Å². The van der Waals surface area contributed by atoms with Crippen LogP contribution < -0.4 is 10.2 Å². The van der Waals surface area contributed by atoms with Crippen LogP contribution in [-0.2, 0) is 27.4 Å². The second-order valence-corrected chi connectivity index (χ2v) is 5.58. The van der Waals surface area contributed by atoms with Crippen molar-refractivity contribution < 1.29 is 28.6 Å². The highest BCUT2D eigenvalue weighted by molar-refractivity contribution is 5.94. The predicted octanol–water partition coefficient (Wildman–Crippen LogP) is 1.98. The summed E-state index contributed by atoms with van der Waals surface area (Å²) in [6.45, 7) is 3.04. The number of hydrogen-bond donors (Lipinski definition) is 0. The molecule has 1 heterocycles. The van der Waals surface area contributed by atoms with Crippen molar-refractivity contribution in [1.29, 1.82) is 0 Å². The van der Waals surface area contributed by atoms with Gasteiger partial charge >= 0.3 is 11.9 Å². The van der Waals surface area contributed by atoms with Gasteiger partial charge in [0, 0.05) is 6.20 Å². The number of carbonyl (C=O) groups excluding carboxylic acids is 3. The van der Waals surface area contributed by atoms with Crippen molar-refractivity contribution in [2.24, 2.45) is 0 Å². The van der Waals surface area contributed by atoms with Gasteiger partial charge in [0.15, 0.2) is 11.4 Å². The molecule has 0 saturated heterocycles. The van der Waals surface area contributed by atoms with Gasteiger partial charge in [-0.15, -0.1) is 0 Å². The molecule has 148 valence electrons. The van der Waals surface area contributed by atoms with E-state index < -0.39 is 17.4 Å². The zero-order chi connectivity index (χ0) is 20.5. The highest BCUT2D eigenvalue weighted by Gasteiger charge is 2.27. The first-order chi connectivity index (χ1) is 13.5. The van der Waals surface area contributed by atoms with Gasteiger partial charge in [-0.1, -0.05) is 30.3 Å². The number of carbonyl (C=O) groups is 3. The molecule has 8 heteroatoms. The van der Waals surface area contributed by atoms with E-state index in [-0.39, 0.29) is 43.4 Å². The van der Waals surface area contributed by atoms with E-state index in [9.17, 15) is 19.2 Å². The van der Waals surface area contributed by atoms with Gasteiger partial charge in [-0.25, -0.2) is 9.59 Å². The normalized spacial score (nSPS) is 10.2. The third-order valence-corrected chi connectivity index (χ3v) is 3.70.